The van der Waals surface area contributed by atoms with Crippen LogP contribution in [0.3, 0.4) is 0 Å². The van der Waals surface area contributed by atoms with Gasteiger partial charge in [-0.25, -0.2) is 0 Å². The Kier molecular flexibility index (Phi) is 16.0. The van der Waals surface area contributed by atoms with Crippen molar-refractivity contribution in [1.29, 1.82) is 0 Å². The summed E-state index contributed by atoms with van der Waals surface area (Å²) < 4.78 is 39.0. The number of hydrogen-bond acceptors (Lipinski definition) is 7. The van der Waals surface area contributed by atoms with E-state index in [1.165, 1.54) is 80.5 Å². The fourth-order valence-electron chi connectivity index (χ4n) is 3.82. The molecule has 9 heteroatoms. The highest BCUT2D eigenvalue weighted by Gasteiger charge is 2.69. The summed E-state index contributed by atoms with van der Waals surface area (Å²) in [6.45, 7) is 2.24. The molecule has 7 nitrogen and oxygen atoms in total. The standard InChI is InChI=1S/C20H40O7Si2/c1-7-8-9-10-11-12-13-14-15-16-17-18(21-2,22-3)19(23-4,24-5)20(25-6,26-28)27-29/h7-17H2,1-6H3. The van der Waals surface area contributed by atoms with E-state index in [2.05, 4.69) is 27.9 Å². The molecule has 0 amide bonds. The van der Waals surface area contributed by atoms with Crippen LogP contribution in [0.4, 0.5) is 0 Å². The number of unbranched alkanes of at least 4 members (excludes halogenated alkanes) is 9. The van der Waals surface area contributed by atoms with E-state index < -0.39 is 17.5 Å². The van der Waals surface area contributed by atoms with E-state index in [-0.39, 0.29) is 0 Å². The Labute approximate surface area is 184 Å². The molecule has 0 aromatic heterocycles. The van der Waals surface area contributed by atoms with Crippen LogP contribution in [0.5, 0.6) is 0 Å². The van der Waals surface area contributed by atoms with Gasteiger partial charge in [-0.15, -0.1) is 0 Å². The van der Waals surface area contributed by atoms with Crippen LogP contribution in [-0.4, -0.2) is 74.1 Å². The topological polar surface area (TPSA) is 64.6 Å². The lowest BCUT2D eigenvalue weighted by Crippen LogP contribution is -2.73. The minimum absolute atomic E-state index is 0.481. The Morgan fingerprint density at radius 2 is 0.966 bits per heavy atom. The van der Waals surface area contributed by atoms with Crippen LogP contribution >= 0.6 is 0 Å². The summed E-state index contributed by atoms with van der Waals surface area (Å²) in [7, 11) is 13.3. The lowest BCUT2D eigenvalue weighted by molar-refractivity contribution is -0.510. The van der Waals surface area contributed by atoms with Crippen molar-refractivity contribution in [2.24, 2.45) is 0 Å². The molecule has 0 aromatic carbocycles. The van der Waals surface area contributed by atoms with E-state index in [4.69, 9.17) is 32.5 Å². The molecule has 0 saturated heterocycles. The van der Waals surface area contributed by atoms with Crippen LogP contribution in [0.25, 0.3) is 0 Å². The van der Waals surface area contributed by atoms with E-state index in [1.807, 2.05) is 0 Å². The van der Waals surface area contributed by atoms with E-state index in [9.17, 15) is 0 Å². The Morgan fingerprint density at radius 1 is 0.552 bits per heavy atom. The highest BCUT2D eigenvalue weighted by Crippen LogP contribution is 2.45. The van der Waals surface area contributed by atoms with E-state index in [1.54, 1.807) is 0 Å². The molecule has 6 radical (unpaired) electrons. The van der Waals surface area contributed by atoms with Gasteiger partial charge in [0.2, 0.25) is 5.79 Å². The first-order chi connectivity index (χ1) is 14.0. The first-order valence-electron chi connectivity index (χ1n) is 10.4. The van der Waals surface area contributed by atoms with Gasteiger partial charge in [-0.3, -0.25) is 0 Å². The monoisotopic (exact) mass is 448 g/mol. The van der Waals surface area contributed by atoms with Gasteiger partial charge in [-0.05, 0) is 6.42 Å². The normalized spacial score (nSPS) is 13.2. The first kappa shape index (κ1) is 29.2. The number of methoxy groups -OCH3 is 5. The largest absolute Gasteiger partial charge is 0.367 e. The average Bonchev–Trinajstić information content (AvgIpc) is 2.77. The van der Waals surface area contributed by atoms with Crippen molar-refractivity contribution in [2.75, 3.05) is 35.5 Å². The van der Waals surface area contributed by atoms with Crippen molar-refractivity contribution in [2.45, 2.75) is 95.1 Å². The van der Waals surface area contributed by atoms with Gasteiger partial charge in [-0.1, -0.05) is 64.7 Å². The number of rotatable bonds is 20. The lowest BCUT2D eigenvalue weighted by Gasteiger charge is -2.52. The molecule has 0 saturated carbocycles. The average molecular weight is 449 g/mol. The Bertz CT molecular complexity index is 379. The molecule has 0 heterocycles. The Hall–Kier alpha value is 0.154. The minimum Gasteiger partial charge on any atom is -0.367 e. The molecule has 0 N–H and O–H groups in total. The Morgan fingerprint density at radius 3 is 1.28 bits per heavy atom. The van der Waals surface area contributed by atoms with Crippen LogP contribution < -0.4 is 0 Å². The molecule has 0 aliphatic carbocycles. The highest BCUT2D eigenvalue weighted by atomic mass is 28.2. The summed E-state index contributed by atoms with van der Waals surface area (Å²) in [4.78, 5) is 0. The minimum atomic E-state index is -1.85. The predicted octanol–water partition coefficient (Wildman–Crippen LogP) is 3.78. The molecule has 0 fully saturated rings. The zero-order valence-electron chi connectivity index (χ0n) is 19.1. The van der Waals surface area contributed by atoms with Crippen LogP contribution in [0.1, 0.15) is 77.6 Å². The lowest BCUT2D eigenvalue weighted by atomic mass is 9.94. The quantitative estimate of drug-likeness (QED) is 0.160. The second-order valence-electron chi connectivity index (χ2n) is 7.08. The van der Waals surface area contributed by atoms with Crippen LogP contribution in [0.15, 0.2) is 0 Å². The van der Waals surface area contributed by atoms with Crippen LogP contribution in [0.2, 0.25) is 0 Å². The third-order valence-corrected chi connectivity index (χ3v) is 6.07. The molecule has 0 aliphatic rings. The summed E-state index contributed by atoms with van der Waals surface area (Å²) in [5, 5.41) is 0. The van der Waals surface area contributed by atoms with Crippen molar-refractivity contribution in [1.82, 2.24) is 0 Å². The van der Waals surface area contributed by atoms with Crippen LogP contribution in [-0.2, 0) is 32.5 Å². The second kappa shape index (κ2) is 15.9. The highest BCUT2D eigenvalue weighted by molar-refractivity contribution is 6.00. The van der Waals surface area contributed by atoms with Crippen molar-refractivity contribution < 1.29 is 32.5 Å². The number of ether oxygens (including phenoxy) is 5. The van der Waals surface area contributed by atoms with Gasteiger partial charge in [0.1, 0.15) is 0 Å². The first-order valence-corrected chi connectivity index (χ1v) is 11.3. The summed E-state index contributed by atoms with van der Waals surface area (Å²) in [6, 6.07) is 0. The van der Waals surface area contributed by atoms with Gasteiger partial charge in [0.25, 0.3) is 21.0 Å². The summed E-state index contributed by atoms with van der Waals surface area (Å²) in [5.74, 6) is -4.91. The summed E-state index contributed by atoms with van der Waals surface area (Å²) in [6.07, 6.45) is 12.7. The molecule has 170 valence electrons. The zero-order chi connectivity index (χ0) is 22.2. The van der Waals surface area contributed by atoms with Crippen LogP contribution in [0, 0.1) is 0 Å². The molecule has 0 aliphatic heterocycles. The van der Waals surface area contributed by atoms with Gasteiger partial charge in [0, 0.05) is 42.0 Å². The molecule has 0 atom stereocenters. The molecule has 29 heavy (non-hydrogen) atoms. The maximum absolute atomic E-state index is 5.77. The summed E-state index contributed by atoms with van der Waals surface area (Å²) in [5.41, 5.74) is 0. The fourth-order valence-corrected chi connectivity index (χ4v) is 4.42. The SMILES string of the molecule is CCCCCCCCCCCCC(OC)(OC)C(OC)(OC)C(OC)(O[Si])O[Si]. The number of hydrogen-bond donors (Lipinski definition) is 0. The summed E-state index contributed by atoms with van der Waals surface area (Å²) >= 11 is 0. The van der Waals surface area contributed by atoms with Crippen molar-refractivity contribution >= 4 is 21.0 Å². The molecule has 0 spiro atoms. The smallest absolute Gasteiger partial charge is 0.326 e. The van der Waals surface area contributed by atoms with Gasteiger partial charge < -0.3 is 32.5 Å². The predicted molar refractivity (Wildman–Crippen MR) is 113 cm³/mol. The molecule has 0 unspecified atom stereocenters. The van der Waals surface area contributed by atoms with Crippen molar-refractivity contribution in [3.63, 3.8) is 0 Å². The molecular weight excluding hydrogens is 408 g/mol. The van der Waals surface area contributed by atoms with E-state index in [0.717, 1.165) is 19.3 Å². The second-order valence-corrected chi connectivity index (χ2v) is 7.49. The Balaban J connectivity index is 4.96. The molecular formula is C20H40O7Si2. The third-order valence-electron chi connectivity index (χ3n) is 5.54. The molecule has 0 bridgehead atoms. The van der Waals surface area contributed by atoms with Gasteiger partial charge in [0.15, 0.2) is 0 Å². The van der Waals surface area contributed by atoms with Gasteiger partial charge in [0.05, 0.1) is 0 Å². The van der Waals surface area contributed by atoms with E-state index >= 15 is 0 Å². The maximum Gasteiger partial charge on any atom is 0.326 e. The fraction of sp³-hybridized carbons (Fsp3) is 1.00. The molecule has 0 rings (SSSR count). The molecule has 0 aromatic rings. The van der Waals surface area contributed by atoms with Crippen molar-refractivity contribution in [3.05, 3.63) is 0 Å². The van der Waals surface area contributed by atoms with Gasteiger partial charge in [-0.2, -0.15) is 0 Å². The van der Waals surface area contributed by atoms with E-state index in [0.29, 0.717) is 6.42 Å². The van der Waals surface area contributed by atoms with Gasteiger partial charge >= 0.3 is 11.8 Å². The zero-order valence-corrected chi connectivity index (χ0v) is 21.1. The van der Waals surface area contributed by atoms with Crippen molar-refractivity contribution in [3.8, 4) is 0 Å². The third kappa shape index (κ3) is 7.08. The maximum atomic E-state index is 5.77.